The normalized spacial score (nSPS) is 10.5. The zero-order chi connectivity index (χ0) is 16.3. The molecule has 0 saturated heterocycles. The molecule has 1 aromatic heterocycles. The van der Waals surface area contributed by atoms with Crippen LogP contribution in [0.1, 0.15) is 5.69 Å². The topological polar surface area (TPSA) is 74.8 Å². The molecule has 5 nitrogen and oxygen atoms in total. The predicted molar refractivity (Wildman–Crippen MR) is 90.4 cm³/mol. The standard InChI is InChI=1S/C13H10Cl3N3O2S/c1-6-2-10(20)19-13(17-6)22-5-11(21)18-12-8(15)3-7(14)4-9(12)16/h2-4H,5H2,1H3,(H,18,21)(H,17,19,20). The molecule has 2 N–H and O–H groups in total. The molecular formula is C13H10Cl3N3O2S. The van der Waals surface area contributed by atoms with E-state index in [9.17, 15) is 9.59 Å². The number of aryl methyl sites for hydroxylation is 1. The van der Waals surface area contributed by atoms with Crippen LogP contribution in [0, 0.1) is 6.92 Å². The molecule has 0 aliphatic rings. The number of aromatic nitrogens is 2. The van der Waals surface area contributed by atoms with E-state index in [0.29, 0.717) is 21.6 Å². The number of carbonyl (C=O) groups is 1. The highest BCUT2D eigenvalue weighted by atomic mass is 35.5. The molecule has 0 unspecified atom stereocenters. The highest BCUT2D eigenvalue weighted by Gasteiger charge is 2.12. The average Bonchev–Trinajstić information content (AvgIpc) is 2.39. The van der Waals surface area contributed by atoms with E-state index in [1.165, 1.54) is 18.2 Å². The van der Waals surface area contributed by atoms with Gasteiger partial charge in [-0.05, 0) is 19.1 Å². The molecule has 0 bridgehead atoms. The minimum absolute atomic E-state index is 0.0433. The number of aromatic amines is 1. The van der Waals surface area contributed by atoms with Crippen LogP contribution in [-0.4, -0.2) is 21.6 Å². The lowest BCUT2D eigenvalue weighted by Gasteiger charge is -2.09. The van der Waals surface area contributed by atoms with Gasteiger partial charge in [0, 0.05) is 16.8 Å². The lowest BCUT2D eigenvalue weighted by atomic mass is 10.3. The van der Waals surface area contributed by atoms with Crippen molar-refractivity contribution < 1.29 is 4.79 Å². The maximum Gasteiger partial charge on any atom is 0.251 e. The lowest BCUT2D eigenvalue weighted by molar-refractivity contribution is -0.113. The summed E-state index contributed by atoms with van der Waals surface area (Å²) in [5.74, 6) is -0.290. The number of halogens is 3. The van der Waals surface area contributed by atoms with Crippen LogP contribution in [0.25, 0.3) is 0 Å². The van der Waals surface area contributed by atoms with Crippen LogP contribution in [-0.2, 0) is 4.79 Å². The number of amides is 1. The van der Waals surface area contributed by atoms with Crippen molar-refractivity contribution in [1.82, 2.24) is 9.97 Å². The number of rotatable bonds is 4. The van der Waals surface area contributed by atoms with Gasteiger partial charge in [-0.3, -0.25) is 9.59 Å². The molecule has 1 heterocycles. The quantitative estimate of drug-likeness (QED) is 0.627. The Hall–Kier alpha value is -1.21. The number of benzene rings is 1. The van der Waals surface area contributed by atoms with E-state index in [4.69, 9.17) is 34.8 Å². The van der Waals surface area contributed by atoms with Crippen LogP contribution >= 0.6 is 46.6 Å². The van der Waals surface area contributed by atoms with Crippen molar-refractivity contribution in [3.63, 3.8) is 0 Å². The van der Waals surface area contributed by atoms with Crippen molar-refractivity contribution in [2.45, 2.75) is 12.1 Å². The van der Waals surface area contributed by atoms with Crippen molar-refractivity contribution in [1.29, 1.82) is 0 Å². The largest absolute Gasteiger partial charge is 0.323 e. The summed E-state index contributed by atoms with van der Waals surface area (Å²) in [5.41, 5.74) is 0.610. The second kappa shape index (κ2) is 7.37. The molecule has 0 saturated carbocycles. The number of carbonyl (C=O) groups excluding carboxylic acids is 1. The lowest BCUT2D eigenvalue weighted by Crippen LogP contribution is -2.16. The van der Waals surface area contributed by atoms with Gasteiger partial charge >= 0.3 is 0 Å². The van der Waals surface area contributed by atoms with Crippen LogP contribution in [0.5, 0.6) is 0 Å². The number of nitrogens with one attached hydrogen (secondary N) is 2. The molecule has 0 radical (unpaired) electrons. The Kier molecular flexibility index (Phi) is 5.74. The highest BCUT2D eigenvalue weighted by molar-refractivity contribution is 7.99. The molecular weight excluding hydrogens is 369 g/mol. The summed E-state index contributed by atoms with van der Waals surface area (Å²) in [5, 5.41) is 3.85. The number of anilines is 1. The Morgan fingerprint density at radius 3 is 2.50 bits per heavy atom. The summed E-state index contributed by atoms with van der Waals surface area (Å²) in [4.78, 5) is 29.9. The molecule has 2 aromatic rings. The van der Waals surface area contributed by atoms with E-state index >= 15 is 0 Å². The van der Waals surface area contributed by atoms with Gasteiger partial charge in [-0.15, -0.1) is 0 Å². The van der Waals surface area contributed by atoms with Gasteiger partial charge < -0.3 is 10.3 Å². The van der Waals surface area contributed by atoms with Crippen LogP contribution < -0.4 is 10.9 Å². The van der Waals surface area contributed by atoms with E-state index in [2.05, 4.69) is 15.3 Å². The van der Waals surface area contributed by atoms with Gasteiger partial charge in [0.2, 0.25) is 5.91 Å². The molecule has 0 aliphatic carbocycles. The molecule has 2 rings (SSSR count). The van der Waals surface area contributed by atoms with Gasteiger partial charge in [0.05, 0.1) is 21.5 Å². The highest BCUT2D eigenvalue weighted by Crippen LogP contribution is 2.33. The minimum Gasteiger partial charge on any atom is -0.323 e. The summed E-state index contributed by atoms with van der Waals surface area (Å²) < 4.78 is 0. The molecule has 0 atom stereocenters. The Balaban J connectivity index is 2.03. The monoisotopic (exact) mass is 377 g/mol. The molecule has 0 spiro atoms. The Bertz CT molecular complexity index is 756. The van der Waals surface area contributed by atoms with E-state index in [1.54, 1.807) is 6.92 Å². The van der Waals surface area contributed by atoms with E-state index in [0.717, 1.165) is 11.8 Å². The molecule has 9 heteroatoms. The number of nitrogens with zero attached hydrogens (tertiary/aromatic N) is 1. The third-order valence-electron chi connectivity index (χ3n) is 2.46. The first-order valence-electron chi connectivity index (χ1n) is 6.00. The van der Waals surface area contributed by atoms with Gasteiger partial charge in [0.25, 0.3) is 5.56 Å². The van der Waals surface area contributed by atoms with E-state index in [-0.39, 0.29) is 27.3 Å². The van der Waals surface area contributed by atoms with Crippen molar-refractivity contribution in [2.75, 3.05) is 11.1 Å². The maximum atomic E-state index is 11.9. The summed E-state index contributed by atoms with van der Waals surface area (Å²) in [7, 11) is 0. The van der Waals surface area contributed by atoms with Gasteiger partial charge in [-0.25, -0.2) is 4.98 Å². The SMILES string of the molecule is Cc1cc(=O)[nH]c(SCC(=O)Nc2c(Cl)cc(Cl)cc2Cl)n1. The smallest absolute Gasteiger partial charge is 0.251 e. The molecule has 1 aromatic carbocycles. The fraction of sp³-hybridized carbons (Fsp3) is 0.154. The average molecular weight is 379 g/mol. The van der Waals surface area contributed by atoms with Crippen molar-refractivity contribution in [3.8, 4) is 0 Å². The molecule has 1 amide bonds. The first-order chi connectivity index (χ1) is 10.3. The number of hydrogen-bond donors (Lipinski definition) is 2. The van der Waals surface area contributed by atoms with Crippen LogP contribution in [0.4, 0.5) is 5.69 Å². The van der Waals surface area contributed by atoms with Crippen LogP contribution in [0.15, 0.2) is 28.2 Å². The van der Waals surface area contributed by atoms with Crippen LogP contribution in [0.3, 0.4) is 0 Å². The van der Waals surface area contributed by atoms with Crippen molar-refractivity contribution in [3.05, 3.63) is 49.3 Å². The fourth-order valence-electron chi connectivity index (χ4n) is 1.59. The van der Waals surface area contributed by atoms with E-state index in [1.807, 2.05) is 0 Å². The zero-order valence-corrected chi connectivity index (χ0v) is 14.3. The number of H-pyrrole nitrogens is 1. The fourth-order valence-corrected chi connectivity index (χ4v) is 3.22. The maximum absolute atomic E-state index is 11.9. The van der Waals surface area contributed by atoms with Gasteiger partial charge in [-0.2, -0.15) is 0 Å². The third kappa shape index (κ3) is 4.64. The molecule has 22 heavy (non-hydrogen) atoms. The van der Waals surface area contributed by atoms with E-state index < -0.39 is 0 Å². The summed E-state index contributed by atoms with van der Waals surface area (Å²) >= 11 is 18.9. The number of thioether (sulfide) groups is 1. The zero-order valence-electron chi connectivity index (χ0n) is 11.2. The molecule has 0 fully saturated rings. The summed E-state index contributed by atoms with van der Waals surface area (Å²) in [6.45, 7) is 1.70. The van der Waals surface area contributed by atoms with Crippen LogP contribution in [0.2, 0.25) is 15.1 Å². The molecule has 0 aliphatic heterocycles. The Morgan fingerprint density at radius 2 is 1.91 bits per heavy atom. The Labute approximate surface area is 145 Å². The van der Waals surface area contributed by atoms with Crippen molar-refractivity contribution >= 4 is 58.2 Å². The third-order valence-corrected chi connectivity index (χ3v) is 4.15. The van der Waals surface area contributed by atoms with Gasteiger partial charge in [-0.1, -0.05) is 46.6 Å². The van der Waals surface area contributed by atoms with Gasteiger partial charge in [0.15, 0.2) is 5.16 Å². The summed E-state index contributed by atoms with van der Waals surface area (Å²) in [6.07, 6.45) is 0. The van der Waals surface area contributed by atoms with Crippen molar-refractivity contribution in [2.24, 2.45) is 0 Å². The first-order valence-corrected chi connectivity index (χ1v) is 8.12. The number of hydrogen-bond acceptors (Lipinski definition) is 4. The Morgan fingerprint density at radius 1 is 1.27 bits per heavy atom. The summed E-state index contributed by atoms with van der Waals surface area (Å²) in [6, 6.07) is 4.34. The second-order valence-electron chi connectivity index (χ2n) is 4.27. The molecule has 116 valence electrons. The second-order valence-corrected chi connectivity index (χ2v) is 6.49. The van der Waals surface area contributed by atoms with Gasteiger partial charge in [0.1, 0.15) is 0 Å². The minimum atomic E-state index is -0.333. The first kappa shape index (κ1) is 17.1. The predicted octanol–water partition coefficient (Wildman–Crippen LogP) is 3.77.